The molecule has 7 heteroatoms. The molecule has 1 aromatic rings. The number of aliphatic imine (C=N–C) groups is 1. The molecule has 2 rings (SSSR count). The molecule has 0 aromatic heterocycles. The molecule has 1 aliphatic heterocycles. The largest absolute Gasteiger partial charge is 0.466 e. The molecular weight excluding hydrogens is 331 g/mol. The molecule has 1 aromatic carbocycles. The lowest BCUT2D eigenvalue weighted by atomic mass is 10.0. The lowest BCUT2D eigenvalue weighted by Crippen LogP contribution is -2.30. The fourth-order valence-corrected chi connectivity index (χ4v) is 3.78. The SMILES string of the molecule is CN=C1NC(C)=C(C(=O)OC)C(c2cccc(Cl)c2Cl)S1. The van der Waals surface area contributed by atoms with E-state index in [-0.39, 0.29) is 5.25 Å². The first-order chi connectivity index (χ1) is 9.99. The number of esters is 1. The van der Waals surface area contributed by atoms with Crippen LogP contribution in [0.2, 0.25) is 10.0 Å². The predicted molar refractivity (Wildman–Crippen MR) is 88.0 cm³/mol. The van der Waals surface area contributed by atoms with Crippen molar-refractivity contribution in [3.8, 4) is 0 Å². The summed E-state index contributed by atoms with van der Waals surface area (Å²) in [6.45, 7) is 1.81. The van der Waals surface area contributed by atoms with Gasteiger partial charge in [0.15, 0.2) is 5.17 Å². The molecule has 0 fully saturated rings. The topological polar surface area (TPSA) is 50.7 Å². The van der Waals surface area contributed by atoms with Crippen molar-refractivity contribution in [2.24, 2.45) is 4.99 Å². The molecule has 21 heavy (non-hydrogen) atoms. The van der Waals surface area contributed by atoms with Crippen molar-refractivity contribution in [2.75, 3.05) is 14.2 Å². The zero-order valence-corrected chi connectivity index (χ0v) is 14.1. The summed E-state index contributed by atoms with van der Waals surface area (Å²) in [4.78, 5) is 16.3. The van der Waals surface area contributed by atoms with E-state index in [4.69, 9.17) is 27.9 Å². The number of halogens is 2. The summed E-state index contributed by atoms with van der Waals surface area (Å²) in [6.07, 6.45) is 0. The monoisotopic (exact) mass is 344 g/mol. The number of amidine groups is 1. The molecule has 4 nitrogen and oxygen atoms in total. The van der Waals surface area contributed by atoms with Gasteiger partial charge in [-0.25, -0.2) is 4.79 Å². The van der Waals surface area contributed by atoms with E-state index in [1.807, 2.05) is 13.0 Å². The number of allylic oxidation sites excluding steroid dienone is 1. The second kappa shape index (κ2) is 6.73. The van der Waals surface area contributed by atoms with Gasteiger partial charge in [0.05, 0.1) is 28.0 Å². The van der Waals surface area contributed by atoms with E-state index in [0.717, 1.165) is 5.56 Å². The Bertz CT molecular complexity index is 644. The highest BCUT2D eigenvalue weighted by molar-refractivity contribution is 8.14. The Morgan fingerprint density at radius 1 is 1.43 bits per heavy atom. The van der Waals surface area contributed by atoms with E-state index in [9.17, 15) is 4.79 Å². The highest BCUT2D eigenvalue weighted by Crippen LogP contribution is 2.44. The summed E-state index contributed by atoms with van der Waals surface area (Å²) in [6, 6.07) is 5.36. The Labute approximate surface area is 137 Å². The molecule has 1 aliphatic rings. The Balaban J connectivity index is 2.59. The number of methoxy groups -OCH3 is 1. The molecule has 0 saturated heterocycles. The summed E-state index contributed by atoms with van der Waals surface area (Å²) >= 11 is 13.8. The van der Waals surface area contributed by atoms with Crippen molar-refractivity contribution in [2.45, 2.75) is 12.2 Å². The third-order valence-electron chi connectivity index (χ3n) is 3.06. The lowest BCUT2D eigenvalue weighted by Gasteiger charge is -2.28. The average molecular weight is 345 g/mol. The van der Waals surface area contributed by atoms with E-state index in [0.29, 0.717) is 26.5 Å². The summed E-state index contributed by atoms with van der Waals surface area (Å²) in [5, 5.41) is 4.36. The molecule has 0 aliphatic carbocycles. The zero-order chi connectivity index (χ0) is 15.6. The van der Waals surface area contributed by atoms with Crippen LogP contribution in [0.15, 0.2) is 34.5 Å². The minimum absolute atomic E-state index is 0.316. The number of carbonyl (C=O) groups is 1. The van der Waals surface area contributed by atoms with Crippen molar-refractivity contribution < 1.29 is 9.53 Å². The maximum atomic E-state index is 12.1. The minimum Gasteiger partial charge on any atom is -0.466 e. The number of benzene rings is 1. The van der Waals surface area contributed by atoms with Crippen LogP contribution in [-0.4, -0.2) is 25.3 Å². The van der Waals surface area contributed by atoms with Gasteiger partial charge in [0.2, 0.25) is 0 Å². The van der Waals surface area contributed by atoms with E-state index in [2.05, 4.69) is 10.3 Å². The Morgan fingerprint density at radius 3 is 2.76 bits per heavy atom. The van der Waals surface area contributed by atoms with Crippen molar-refractivity contribution in [1.29, 1.82) is 0 Å². The van der Waals surface area contributed by atoms with Crippen LogP contribution in [0.1, 0.15) is 17.7 Å². The second-order valence-corrected chi connectivity index (χ2v) is 6.20. The van der Waals surface area contributed by atoms with Gasteiger partial charge < -0.3 is 10.1 Å². The van der Waals surface area contributed by atoms with Crippen LogP contribution < -0.4 is 5.32 Å². The number of nitrogens with zero attached hydrogens (tertiary/aromatic N) is 1. The summed E-state index contributed by atoms with van der Waals surface area (Å²) in [5.41, 5.74) is 1.97. The Kier molecular flexibility index (Phi) is 5.19. The van der Waals surface area contributed by atoms with E-state index in [1.165, 1.54) is 18.9 Å². The molecule has 0 amide bonds. The number of hydrogen-bond acceptors (Lipinski definition) is 4. The molecule has 1 atom stereocenters. The maximum absolute atomic E-state index is 12.1. The van der Waals surface area contributed by atoms with Gasteiger partial charge in [-0.2, -0.15) is 0 Å². The Morgan fingerprint density at radius 2 is 2.14 bits per heavy atom. The number of rotatable bonds is 2. The molecule has 112 valence electrons. The molecule has 0 spiro atoms. The van der Waals surface area contributed by atoms with Gasteiger partial charge in [-0.15, -0.1) is 0 Å². The molecular formula is C14H14Cl2N2O2S. The van der Waals surface area contributed by atoms with Crippen LogP contribution in [0.5, 0.6) is 0 Å². The van der Waals surface area contributed by atoms with Crippen LogP contribution in [-0.2, 0) is 9.53 Å². The van der Waals surface area contributed by atoms with Crippen LogP contribution >= 0.6 is 35.0 Å². The standard InChI is InChI=1S/C14H14Cl2N2O2S/c1-7-10(13(19)20-3)12(21-14(17-2)18-7)8-5-4-6-9(15)11(8)16/h4-6,12H,1-3H3,(H,17,18). The highest BCUT2D eigenvalue weighted by Gasteiger charge is 2.33. The van der Waals surface area contributed by atoms with Gasteiger partial charge in [0.1, 0.15) is 0 Å². The minimum atomic E-state index is -0.399. The van der Waals surface area contributed by atoms with Gasteiger partial charge in [-0.05, 0) is 18.6 Å². The van der Waals surface area contributed by atoms with E-state index >= 15 is 0 Å². The normalized spacial score (nSPS) is 20.4. The summed E-state index contributed by atoms with van der Waals surface area (Å²) < 4.78 is 4.88. The van der Waals surface area contributed by atoms with Gasteiger partial charge in [0, 0.05) is 12.7 Å². The highest BCUT2D eigenvalue weighted by atomic mass is 35.5. The zero-order valence-electron chi connectivity index (χ0n) is 11.7. The van der Waals surface area contributed by atoms with Gasteiger partial charge in [0.25, 0.3) is 0 Å². The van der Waals surface area contributed by atoms with Crippen molar-refractivity contribution >= 4 is 46.1 Å². The fraction of sp³-hybridized carbons (Fsp3) is 0.286. The first-order valence-corrected chi connectivity index (χ1v) is 7.76. The number of nitrogens with one attached hydrogen (secondary N) is 1. The fourth-order valence-electron chi connectivity index (χ4n) is 2.05. The Hall–Kier alpha value is -1.17. The lowest BCUT2D eigenvalue weighted by molar-refractivity contribution is -0.136. The predicted octanol–water partition coefficient (Wildman–Crippen LogP) is 3.80. The van der Waals surface area contributed by atoms with Crippen molar-refractivity contribution in [1.82, 2.24) is 5.32 Å². The second-order valence-electron chi connectivity index (χ2n) is 4.32. The molecule has 0 radical (unpaired) electrons. The maximum Gasteiger partial charge on any atom is 0.337 e. The third-order valence-corrected chi connectivity index (χ3v) is 5.13. The number of thioether (sulfide) groups is 1. The van der Waals surface area contributed by atoms with Gasteiger partial charge >= 0.3 is 5.97 Å². The first kappa shape index (κ1) is 16.2. The summed E-state index contributed by atoms with van der Waals surface area (Å²) in [7, 11) is 3.04. The quantitative estimate of drug-likeness (QED) is 0.829. The van der Waals surface area contributed by atoms with Crippen molar-refractivity contribution in [3.63, 3.8) is 0 Å². The first-order valence-electron chi connectivity index (χ1n) is 6.13. The third kappa shape index (κ3) is 3.20. The van der Waals surface area contributed by atoms with Gasteiger partial charge in [-0.1, -0.05) is 47.1 Å². The molecule has 1 unspecified atom stereocenters. The smallest absolute Gasteiger partial charge is 0.337 e. The van der Waals surface area contributed by atoms with Gasteiger partial charge in [-0.3, -0.25) is 4.99 Å². The number of carbonyl (C=O) groups excluding carboxylic acids is 1. The number of ether oxygens (including phenoxy) is 1. The number of hydrogen-bond donors (Lipinski definition) is 1. The van der Waals surface area contributed by atoms with Crippen LogP contribution in [0, 0.1) is 0 Å². The molecule has 0 saturated carbocycles. The molecule has 1 N–H and O–H groups in total. The van der Waals surface area contributed by atoms with Crippen LogP contribution in [0.3, 0.4) is 0 Å². The van der Waals surface area contributed by atoms with E-state index < -0.39 is 5.97 Å². The molecule has 0 bridgehead atoms. The van der Waals surface area contributed by atoms with Crippen LogP contribution in [0.4, 0.5) is 0 Å². The average Bonchev–Trinajstić information content (AvgIpc) is 2.48. The molecule has 1 heterocycles. The van der Waals surface area contributed by atoms with Crippen molar-refractivity contribution in [3.05, 3.63) is 45.1 Å². The van der Waals surface area contributed by atoms with E-state index in [1.54, 1.807) is 19.2 Å². The summed E-state index contributed by atoms with van der Waals surface area (Å²) in [5.74, 6) is -0.399. The van der Waals surface area contributed by atoms with Crippen LogP contribution in [0.25, 0.3) is 0 Å².